The lowest BCUT2D eigenvalue weighted by molar-refractivity contribution is 0.0694. The van der Waals surface area contributed by atoms with E-state index in [4.69, 9.17) is 16.3 Å². The summed E-state index contributed by atoms with van der Waals surface area (Å²) in [5.74, 6) is -1.10. The van der Waals surface area contributed by atoms with Gasteiger partial charge in [0.05, 0.1) is 30.8 Å². The van der Waals surface area contributed by atoms with E-state index >= 15 is 0 Å². The number of nitrogens with zero attached hydrogens (tertiary/aromatic N) is 2. The van der Waals surface area contributed by atoms with Crippen molar-refractivity contribution in [3.8, 4) is 5.88 Å². The van der Waals surface area contributed by atoms with Crippen LogP contribution in [-0.4, -0.2) is 46.0 Å². The number of aromatic nitrogens is 2. The molecule has 170 valence electrons. The summed E-state index contributed by atoms with van der Waals surface area (Å²) >= 11 is 6.03. The molecule has 1 atom stereocenters. The Morgan fingerprint density at radius 3 is 2.66 bits per heavy atom. The molecule has 0 saturated heterocycles. The van der Waals surface area contributed by atoms with Crippen LogP contribution in [0.4, 0.5) is 5.69 Å². The van der Waals surface area contributed by atoms with Gasteiger partial charge >= 0.3 is 5.97 Å². The number of anilines is 1. The highest BCUT2D eigenvalue weighted by Crippen LogP contribution is 2.29. The van der Waals surface area contributed by atoms with E-state index in [2.05, 4.69) is 10.3 Å². The number of fused-ring (bicyclic) bond motifs is 1. The van der Waals surface area contributed by atoms with Crippen molar-refractivity contribution in [2.75, 3.05) is 25.6 Å². The number of carboxylic acids is 1. The number of hydrogen-bond donors (Lipinski definition) is 3. The molecule has 3 N–H and O–H groups in total. The number of halogens is 1. The second kappa shape index (κ2) is 10.0. The molecule has 2 aromatic heterocycles. The molecule has 0 bridgehead atoms. The number of aliphatic hydroxyl groups excluding tert-OH is 1. The lowest BCUT2D eigenvalue weighted by Crippen LogP contribution is -2.26. The van der Waals surface area contributed by atoms with Gasteiger partial charge in [0.1, 0.15) is 11.2 Å². The molecule has 2 heterocycles. The van der Waals surface area contributed by atoms with E-state index in [1.54, 1.807) is 16.7 Å². The van der Waals surface area contributed by atoms with Gasteiger partial charge < -0.3 is 24.8 Å². The largest absolute Gasteiger partial charge is 0.479 e. The number of methoxy groups -OCH3 is 1. The summed E-state index contributed by atoms with van der Waals surface area (Å²) in [5, 5.41) is 23.5. The average molecular weight is 460 g/mol. The topological polar surface area (TPSA) is 114 Å². The highest BCUT2D eigenvalue weighted by molar-refractivity contribution is 6.30. The predicted molar refractivity (Wildman–Crippen MR) is 124 cm³/mol. The highest BCUT2D eigenvalue weighted by Gasteiger charge is 2.23. The van der Waals surface area contributed by atoms with Crippen LogP contribution in [0.25, 0.3) is 11.0 Å². The fourth-order valence-corrected chi connectivity index (χ4v) is 3.81. The summed E-state index contributed by atoms with van der Waals surface area (Å²) in [5.41, 5.74) is 0.741. The summed E-state index contributed by atoms with van der Waals surface area (Å²) in [6, 6.07) is 8.60. The molecule has 0 aliphatic heterocycles. The number of hydrogen-bond acceptors (Lipinski definition) is 6. The molecule has 0 aliphatic carbocycles. The average Bonchev–Trinajstić information content (AvgIpc) is 2.75. The van der Waals surface area contributed by atoms with Crippen molar-refractivity contribution in [1.82, 2.24) is 9.55 Å². The quantitative estimate of drug-likeness (QED) is 0.448. The van der Waals surface area contributed by atoms with E-state index in [9.17, 15) is 19.8 Å². The van der Waals surface area contributed by atoms with Crippen LogP contribution in [0.15, 0.2) is 41.3 Å². The zero-order valence-electron chi connectivity index (χ0n) is 18.1. The molecule has 0 aliphatic rings. The van der Waals surface area contributed by atoms with Crippen molar-refractivity contribution in [1.29, 1.82) is 0 Å². The van der Waals surface area contributed by atoms with Crippen molar-refractivity contribution in [2.24, 2.45) is 5.92 Å². The Labute approximate surface area is 190 Å². The minimum absolute atomic E-state index is 0.0318. The summed E-state index contributed by atoms with van der Waals surface area (Å²) in [6.45, 7) is 4.07. The van der Waals surface area contributed by atoms with E-state index in [0.717, 1.165) is 5.56 Å². The lowest BCUT2D eigenvalue weighted by atomic mass is 10.0. The molecule has 0 fully saturated rings. The maximum atomic E-state index is 12.9. The third kappa shape index (κ3) is 4.87. The van der Waals surface area contributed by atoms with Gasteiger partial charge in [0.25, 0.3) is 0 Å². The molecule has 0 amide bonds. The number of carbonyl (C=O) groups is 1. The number of carboxylic acid groups (broad SMARTS) is 1. The zero-order chi connectivity index (χ0) is 23.4. The Kier molecular flexibility index (Phi) is 7.37. The number of ether oxygens (including phenoxy) is 1. The van der Waals surface area contributed by atoms with Gasteiger partial charge in [-0.25, -0.2) is 4.79 Å². The maximum absolute atomic E-state index is 12.9. The smallest absolute Gasteiger partial charge is 0.341 e. The maximum Gasteiger partial charge on any atom is 0.341 e. The number of rotatable bonds is 9. The third-order valence-corrected chi connectivity index (χ3v) is 5.56. The number of benzene rings is 1. The molecular formula is C23H26ClN3O5. The first-order valence-corrected chi connectivity index (χ1v) is 10.6. The Balaban J connectivity index is 2.08. The summed E-state index contributed by atoms with van der Waals surface area (Å²) in [6.07, 6.45) is 1.91. The van der Waals surface area contributed by atoms with Gasteiger partial charge in [-0.05, 0) is 36.1 Å². The first kappa shape index (κ1) is 23.6. The Bertz CT molecular complexity index is 1190. The van der Waals surface area contributed by atoms with Crippen LogP contribution in [0.3, 0.4) is 0 Å². The fourth-order valence-electron chi connectivity index (χ4n) is 3.60. The second-order valence-corrected chi connectivity index (χ2v) is 8.24. The SMILES string of the molecule is COc1nc2c(cc1NCCc1cccc(Cl)c1)c(=O)c(C(=O)O)cn2C(CO)C(C)C. The van der Waals surface area contributed by atoms with Crippen molar-refractivity contribution in [3.63, 3.8) is 0 Å². The number of aromatic carboxylic acids is 1. The number of nitrogens with one attached hydrogen (secondary N) is 1. The van der Waals surface area contributed by atoms with Gasteiger partial charge in [0, 0.05) is 17.8 Å². The summed E-state index contributed by atoms with van der Waals surface area (Å²) in [4.78, 5) is 29.1. The molecule has 0 spiro atoms. The zero-order valence-corrected chi connectivity index (χ0v) is 18.9. The van der Waals surface area contributed by atoms with E-state index in [-0.39, 0.29) is 35.0 Å². The predicted octanol–water partition coefficient (Wildman–Crippen LogP) is 3.60. The van der Waals surface area contributed by atoms with Crippen molar-refractivity contribution in [3.05, 3.63) is 62.9 Å². The van der Waals surface area contributed by atoms with Crippen LogP contribution in [0.2, 0.25) is 5.02 Å². The van der Waals surface area contributed by atoms with Crippen LogP contribution in [0, 0.1) is 5.92 Å². The highest BCUT2D eigenvalue weighted by atomic mass is 35.5. The molecular weight excluding hydrogens is 434 g/mol. The van der Waals surface area contributed by atoms with Crippen molar-refractivity contribution in [2.45, 2.75) is 26.3 Å². The van der Waals surface area contributed by atoms with Gasteiger partial charge in [0.15, 0.2) is 0 Å². The molecule has 0 radical (unpaired) electrons. The van der Waals surface area contributed by atoms with Gasteiger partial charge in [0.2, 0.25) is 11.3 Å². The van der Waals surface area contributed by atoms with Gasteiger partial charge in [-0.3, -0.25) is 4.79 Å². The molecule has 32 heavy (non-hydrogen) atoms. The molecule has 8 nitrogen and oxygen atoms in total. The second-order valence-electron chi connectivity index (χ2n) is 7.80. The minimum atomic E-state index is -1.34. The number of aliphatic hydroxyl groups is 1. The number of pyridine rings is 2. The fraction of sp³-hybridized carbons (Fsp3) is 0.348. The summed E-state index contributed by atoms with van der Waals surface area (Å²) < 4.78 is 6.98. The Morgan fingerprint density at radius 2 is 2.06 bits per heavy atom. The van der Waals surface area contributed by atoms with Crippen LogP contribution in [-0.2, 0) is 6.42 Å². The standard InChI is InChI=1S/C23H26ClN3O5/c1-13(2)19(12-28)27-11-17(23(30)31)20(29)16-10-18(22(32-3)26-21(16)27)25-8-7-14-5-4-6-15(24)9-14/h4-6,9-11,13,19,25,28H,7-8,12H2,1-3H3,(H,30,31). The first-order valence-electron chi connectivity index (χ1n) is 10.2. The molecule has 9 heteroatoms. The van der Waals surface area contributed by atoms with Crippen molar-refractivity contribution < 1.29 is 19.7 Å². The van der Waals surface area contributed by atoms with E-state index < -0.39 is 17.4 Å². The van der Waals surface area contributed by atoms with E-state index in [1.807, 2.05) is 32.0 Å². The molecule has 3 rings (SSSR count). The monoisotopic (exact) mass is 459 g/mol. The van der Waals surface area contributed by atoms with Crippen LogP contribution in [0.5, 0.6) is 5.88 Å². The molecule has 3 aromatic rings. The molecule has 0 saturated carbocycles. The lowest BCUT2D eigenvalue weighted by Gasteiger charge is -2.24. The van der Waals surface area contributed by atoms with Crippen LogP contribution in [0.1, 0.15) is 35.8 Å². The molecule has 1 aromatic carbocycles. The van der Waals surface area contributed by atoms with Crippen LogP contribution >= 0.6 is 11.6 Å². The van der Waals surface area contributed by atoms with Crippen LogP contribution < -0.4 is 15.5 Å². The van der Waals surface area contributed by atoms with E-state index in [1.165, 1.54) is 13.3 Å². The minimum Gasteiger partial charge on any atom is -0.479 e. The third-order valence-electron chi connectivity index (χ3n) is 5.33. The van der Waals surface area contributed by atoms with Gasteiger partial charge in [-0.1, -0.05) is 37.6 Å². The normalized spacial score (nSPS) is 12.2. The van der Waals surface area contributed by atoms with Gasteiger partial charge in [-0.15, -0.1) is 0 Å². The first-order chi connectivity index (χ1) is 15.3. The summed E-state index contributed by atoms with van der Waals surface area (Å²) in [7, 11) is 1.47. The Hall–Kier alpha value is -3.10. The van der Waals surface area contributed by atoms with Crippen molar-refractivity contribution >= 4 is 34.3 Å². The Morgan fingerprint density at radius 1 is 1.31 bits per heavy atom. The molecule has 1 unspecified atom stereocenters. The van der Waals surface area contributed by atoms with Gasteiger partial charge in [-0.2, -0.15) is 4.98 Å². The van der Waals surface area contributed by atoms with E-state index in [0.29, 0.717) is 23.7 Å².